The minimum absolute atomic E-state index is 0.772. The van der Waals surface area contributed by atoms with Crippen molar-refractivity contribution in [3.63, 3.8) is 0 Å². The van der Waals surface area contributed by atoms with Crippen molar-refractivity contribution in [1.82, 2.24) is 15.1 Å². The Morgan fingerprint density at radius 3 is 2.94 bits per heavy atom. The summed E-state index contributed by atoms with van der Waals surface area (Å²) in [5.41, 5.74) is 3.13. The number of nitrogens with zero attached hydrogens (tertiary/aromatic N) is 2. The largest absolute Gasteiger partial charge is 0.311 e. The molecule has 2 aromatic rings. The highest BCUT2D eigenvalue weighted by molar-refractivity contribution is 6.31. The van der Waals surface area contributed by atoms with E-state index in [2.05, 4.69) is 17.3 Å². The van der Waals surface area contributed by atoms with Crippen molar-refractivity contribution in [1.29, 1.82) is 0 Å². The van der Waals surface area contributed by atoms with Gasteiger partial charge in [0.1, 0.15) is 0 Å². The highest BCUT2D eigenvalue weighted by Crippen LogP contribution is 2.21. The molecule has 0 aliphatic heterocycles. The maximum atomic E-state index is 6.12. The van der Waals surface area contributed by atoms with Gasteiger partial charge in [-0.15, -0.1) is 0 Å². The Hall–Kier alpha value is -1.32. The predicted octanol–water partition coefficient (Wildman–Crippen LogP) is 3.33. The van der Waals surface area contributed by atoms with Crippen LogP contribution < -0.4 is 5.32 Å². The lowest BCUT2D eigenvalue weighted by Crippen LogP contribution is -2.14. The van der Waals surface area contributed by atoms with Gasteiger partial charge in [-0.3, -0.25) is 0 Å². The van der Waals surface area contributed by atoms with Gasteiger partial charge in [-0.1, -0.05) is 24.6 Å². The first-order valence-electron chi connectivity index (χ1n) is 6.23. The highest BCUT2D eigenvalue weighted by atomic mass is 35.5. The molecule has 0 aliphatic carbocycles. The summed E-state index contributed by atoms with van der Waals surface area (Å²) in [5.74, 6) is 0. The molecule has 18 heavy (non-hydrogen) atoms. The molecule has 0 saturated carbocycles. The molecule has 0 aliphatic rings. The van der Waals surface area contributed by atoms with Crippen LogP contribution in [0.5, 0.6) is 0 Å². The molecule has 0 unspecified atom stereocenters. The van der Waals surface area contributed by atoms with E-state index in [1.54, 1.807) is 0 Å². The molecule has 3 nitrogen and oxygen atoms in total. The Labute approximate surface area is 113 Å². The summed E-state index contributed by atoms with van der Waals surface area (Å²) in [6.07, 6.45) is 3.11. The molecule has 0 saturated heterocycles. The van der Waals surface area contributed by atoms with E-state index in [-0.39, 0.29) is 0 Å². The van der Waals surface area contributed by atoms with Gasteiger partial charge in [0.05, 0.1) is 11.4 Å². The topological polar surface area (TPSA) is 29.9 Å². The van der Waals surface area contributed by atoms with Crippen LogP contribution in [0.25, 0.3) is 5.69 Å². The van der Waals surface area contributed by atoms with Gasteiger partial charge >= 0.3 is 0 Å². The van der Waals surface area contributed by atoms with Crippen molar-refractivity contribution in [3.05, 3.63) is 46.7 Å². The number of nitrogens with one attached hydrogen (secondary N) is 1. The first-order valence-corrected chi connectivity index (χ1v) is 6.61. The smallest absolute Gasteiger partial charge is 0.0766 e. The van der Waals surface area contributed by atoms with Crippen LogP contribution >= 0.6 is 11.6 Å². The molecule has 1 aromatic heterocycles. The van der Waals surface area contributed by atoms with Crippen molar-refractivity contribution < 1.29 is 0 Å². The van der Waals surface area contributed by atoms with Gasteiger partial charge in [0, 0.05) is 17.8 Å². The van der Waals surface area contributed by atoms with E-state index in [0.717, 1.165) is 41.5 Å². The average Bonchev–Trinajstić information content (AvgIpc) is 2.82. The van der Waals surface area contributed by atoms with Crippen molar-refractivity contribution >= 4 is 11.6 Å². The van der Waals surface area contributed by atoms with Crippen LogP contribution in [0, 0.1) is 6.92 Å². The Kier molecular flexibility index (Phi) is 4.39. The molecule has 4 heteroatoms. The summed E-state index contributed by atoms with van der Waals surface area (Å²) in [4.78, 5) is 0. The van der Waals surface area contributed by atoms with E-state index in [1.165, 1.54) is 0 Å². The Balaban J connectivity index is 2.16. The second-order valence-corrected chi connectivity index (χ2v) is 4.72. The molecule has 0 bridgehead atoms. The van der Waals surface area contributed by atoms with Gasteiger partial charge in [0.15, 0.2) is 0 Å². The maximum absolute atomic E-state index is 6.12. The number of hydrogen-bond acceptors (Lipinski definition) is 2. The fourth-order valence-electron chi connectivity index (χ4n) is 1.83. The molecule has 2 rings (SSSR count). The maximum Gasteiger partial charge on any atom is 0.0766 e. The number of halogens is 1. The molecule has 0 radical (unpaired) electrons. The monoisotopic (exact) mass is 263 g/mol. The van der Waals surface area contributed by atoms with Gasteiger partial charge in [-0.2, -0.15) is 5.10 Å². The second kappa shape index (κ2) is 6.03. The molecule has 0 fully saturated rings. The number of hydrogen-bond donors (Lipinski definition) is 1. The lowest BCUT2D eigenvalue weighted by molar-refractivity contribution is 0.656. The van der Waals surface area contributed by atoms with Crippen LogP contribution in [-0.2, 0) is 6.54 Å². The summed E-state index contributed by atoms with van der Waals surface area (Å²) >= 11 is 6.12. The minimum Gasteiger partial charge on any atom is -0.311 e. The Bertz CT molecular complexity index is 520. The Morgan fingerprint density at radius 2 is 2.17 bits per heavy atom. The van der Waals surface area contributed by atoms with E-state index in [4.69, 9.17) is 11.6 Å². The zero-order valence-electron chi connectivity index (χ0n) is 10.8. The summed E-state index contributed by atoms with van der Waals surface area (Å²) in [6.45, 7) is 5.98. The molecule has 0 spiro atoms. The molecular weight excluding hydrogens is 246 g/mol. The lowest BCUT2D eigenvalue weighted by atomic mass is 10.2. The van der Waals surface area contributed by atoms with Crippen molar-refractivity contribution in [2.75, 3.05) is 6.54 Å². The van der Waals surface area contributed by atoms with E-state index in [0.29, 0.717) is 0 Å². The standard InChI is InChI=1S/C14H18ClN3/c1-3-8-16-10-12-7-9-18(17-12)14-6-4-5-13(15)11(14)2/h4-7,9,16H,3,8,10H2,1-2H3. The van der Waals surface area contributed by atoms with Crippen molar-refractivity contribution in [2.45, 2.75) is 26.8 Å². The van der Waals surface area contributed by atoms with Gasteiger partial charge in [0.2, 0.25) is 0 Å². The summed E-state index contributed by atoms with van der Waals surface area (Å²) in [6, 6.07) is 7.90. The van der Waals surface area contributed by atoms with E-state index in [9.17, 15) is 0 Å². The lowest BCUT2D eigenvalue weighted by Gasteiger charge is -2.07. The Morgan fingerprint density at radius 1 is 1.33 bits per heavy atom. The minimum atomic E-state index is 0.772. The third-order valence-corrected chi connectivity index (χ3v) is 3.27. The fraction of sp³-hybridized carbons (Fsp3) is 0.357. The molecule has 1 heterocycles. The van der Waals surface area contributed by atoms with E-state index < -0.39 is 0 Å². The molecule has 1 N–H and O–H groups in total. The van der Waals surface area contributed by atoms with E-state index >= 15 is 0 Å². The fourth-order valence-corrected chi connectivity index (χ4v) is 2.00. The zero-order valence-corrected chi connectivity index (χ0v) is 11.5. The number of rotatable bonds is 5. The van der Waals surface area contributed by atoms with Crippen LogP contribution in [0.4, 0.5) is 0 Å². The summed E-state index contributed by atoms with van der Waals surface area (Å²) in [5, 5.41) is 8.66. The van der Waals surface area contributed by atoms with Crippen LogP contribution in [0.15, 0.2) is 30.5 Å². The van der Waals surface area contributed by atoms with Crippen LogP contribution in [0.2, 0.25) is 5.02 Å². The second-order valence-electron chi connectivity index (χ2n) is 4.31. The highest BCUT2D eigenvalue weighted by Gasteiger charge is 2.06. The van der Waals surface area contributed by atoms with Gasteiger partial charge in [-0.25, -0.2) is 4.68 Å². The van der Waals surface area contributed by atoms with Crippen LogP contribution in [-0.4, -0.2) is 16.3 Å². The molecule has 0 amide bonds. The normalized spacial score (nSPS) is 10.8. The first-order chi connectivity index (χ1) is 8.72. The van der Waals surface area contributed by atoms with Crippen molar-refractivity contribution in [2.24, 2.45) is 0 Å². The van der Waals surface area contributed by atoms with Gasteiger partial charge in [-0.05, 0) is 43.7 Å². The third-order valence-electron chi connectivity index (χ3n) is 2.86. The molecule has 1 aromatic carbocycles. The van der Waals surface area contributed by atoms with Crippen LogP contribution in [0.3, 0.4) is 0 Å². The van der Waals surface area contributed by atoms with Crippen LogP contribution in [0.1, 0.15) is 24.6 Å². The molecule has 96 valence electrons. The first kappa shape index (κ1) is 13.1. The molecule has 0 atom stereocenters. The average molecular weight is 264 g/mol. The van der Waals surface area contributed by atoms with Crippen molar-refractivity contribution in [3.8, 4) is 5.69 Å². The number of aromatic nitrogens is 2. The zero-order chi connectivity index (χ0) is 13.0. The quantitative estimate of drug-likeness (QED) is 0.839. The van der Waals surface area contributed by atoms with Gasteiger partial charge in [0.25, 0.3) is 0 Å². The third kappa shape index (κ3) is 2.92. The summed E-state index contributed by atoms with van der Waals surface area (Å²) < 4.78 is 1.88. The number of benzene rings is 1. The predicted molar refractivity (Wildman–Crippen MR) is 75.3 cm³/mol. The van der Waals surface area contributed by atoms with Gasteiger partial charge < -0.3 is 5.32 Å². The van der Waals surface area contributed by atoms with E-state index in [1.807, 2.05) is 42.1 Å². The SMILES string of the molecule is CCCNCc1ccn(-c2cccc(Cl)c2C)n1. The summed E-state index contributed by atoms with van der Waals surface area (Å²) in [7, 11) is 0. The molecular formula is C14H18ClN3.